The molecular formula is C24H22N6O5. The molecule has 0 amide bonds. The summed E-state index contributed by atoms with van der Waals surface area (Å²) in [6.45, 7) is 2.43. The van der Waals surface area contributed by atoms with Crippen LogP contribution in [0.15, 0.2) is 64.2 Å². The maximum atomic E-state index is 13.0. The van der Waals surface area contributed by atoms with Gasteiger partial charge in [0.25, 0.3) is 5.56 Å². The first-order valence-electron chi connectivity index (χ1n) is 10.8. The summed E-state index contributed by atoms with van der Waals surface area (Å²) in [6.07, 6.45) is 1.47. The molecule has 0 N–H and O–H groups in total. The van der Waals surface area contributed by atoms with Gasteiger partial charge in [0, 0.05) is 11.1 Å². The molecule has 3 aromatic heterocycles. The van der Waals surface area contributed by atoms with Crippen molar-refractivity contribution in [2.24, 2.45) is 0 Å². The maximum absolute atomic E-state index is 13.0. The third-order valence-electron chi connectivity index (χ3n) is 5.35. The van der Waals surface area contributed by atoms with Crippen LogP contribution >= 0.6 is 0 Å². The van der Waals surface area contributed by atoms with Gasteiger partial charge in [-0.05, 0) is 55.5 Å². The highest BCUT2D eigenvalue weighted by molar-refractivity contribution is 5.66. The zero-order chi connectivity index (χ0) is 24.4. The van der Waals surface area contributed by atoms with E-state index in [2.05, 4.69) is 20.3 Å². The Morgan fingerprint density at radius 2 is 1.77 bits per heavy atom. The molecule has 5 aromatic rings. The van der Waals surface area contributed by atoms with Gasteiger partial charge in [0.05, 0.1) is 26.5 Å². The smallest absolute Gasteiger partial charge is 0.293 e. The van der Waals surface area contributed by atoms with Gasteiger partial charge in [0.2, 0.25) is 11.7 Å². The van der Waals surface area contributed by atoms with E-state index in [0.717, 1.165) is 11.3 Å². The van der Waals surface area contributed by atoms with Crippen LogP contribution in [0.3, 0.4) is 0 Å². The van der Waals surface area contributed by atoms with E-state index in [9.17, 15) is 4.79 Å². The molecule has 0 spiro atoms. The summed E-state index contributed by atoms with van der Waals surface area (Å²) in [5.41, 5.74) is 2.24. The van der Waals surface area contributed by atoms with Crippen molar-refractivity contribution in [3.05, 3.63) is 71.1 Å². The normalized spacial score (nSPS) is 11.1. The molecule has 0 aliphatic rings. The highest BCUT2D eigenvalue weighted by Crippen LogP contribution is 2.31. The largest absolute Gasteiger partial charge is 0.497 e. The van der Waals surface area contributed by atoms with Crippen LogP contribution in [0.4, 0.5) is 0 Å². The van der Waals surface area contributed by atoms with Crippen molar-refractivity contribution in [1.82, 2.24) is 29.5 Å². The summed E-state index contributed by atoms with van der Waals surface area (Å²) in [6, 6.07) is 14.5. The van der Waals surface area contributed by atoms with Crippen LogP contribution < -0.4 is 19.8 Å². The maximum Gasteiger partial charge on any atom is 0.293 e. The zero-order valence-corrected chi connectivity index (χ0v) is 19.3. The fourth-order valence-electron chi connectivity index (χ4n) is 3.60. The molecule has 0 atom stereocenters. The summed E-state index contributed by atoms with van der Waals surface area (Å²) in [5, 5.41) is 12.7. The van der Waals surface area contributed by atoms with Crippen LogP contribution in [0.25, 0.3) is 28.2 Å². The van der Waals surface area contributed by atoms with Gasteiger partial charge in [-0.2, -0.15) is 15.2 Å². The van der Waals surface area contributed by atoms with E-state index in [1.165, 1.54) is 15.5 Å². The molecule has 2 aromatic carbocycles. The number of nitrogens with zero attached hydrogens (tertiary/aromatic N) is 6. The molecule has 0 aliphatic carbocycles. The van der Waals surface area contributed by atoms with Crippen LogP contribution in [0.1, 0.15) is 12.8 Å². The second-order valence-corrected chi connectivity index (χ2v) is 7.49. The van der Waals surface area contributed by atoms with Gasteiger partial charge < -0.3 is 18.7 Å². The van der Waals surface area contributed by atoms with E-state index < -0.39 is 0 Å². The Balaban J connectivity index is 1.40. The predicted octanol–water partition coefficient (Wildman–Crippen LogP) is 3.07. The van der Waals surface area contributed by atoms with E-state index in [4.69, 9.17) is 18.7 Å². The van der Waals surface area contributed by atoms with E-state index in [0.29, 0.717) is 40.7 Å². The Labute approximate surface area is 199 Å². The fourth-order valence-corrected chi connectivity index (χ4v) is 3.60. The van der Waals surface area contributed by atoms with Crippen molar-refractivity contribution >= 4 is 5.52 Å². The predicted molar refractivity (Wildman–Crippen MR) is 126 cm³/mol. The topological polar surface area (TPSA) is 119 Å². The quantitative estimate of drug-likeness (QED) is 0.334. The average molecular weight is 474 g/mol. The summed E-state index contributed by atoms with van der Waals surface area (Å²) in [4.78, 5) is 17.4. The molecule has 0 aliphatic heterocycles. The highest BCUT2D eigenvalue weighted by atomic mass is 16.5. The lowest BCUT2D eigenvalue weighted by Gasteiger charge is -2.09. The molecule has 11 heteroatoms. The standard InChI is InChI=1S/C24H22N6O5/c1-4-34-20-10-7-16(11-21(20)33-3)23-26-22(35-28-23)13-29-24(31)19-12-18(27-30(19)14-25-29)15-5-8-17(32-2)9-6-15/h5-12,14H,4,13H2,1-3H3. The number of rotatable bonds is 8. The van der Waals surface area contributed by atoms with Crippen LogP contribution in [0, 0.1) is 0 Å². The van der Waals surface area contributed by atoms with Crippen molar-refractivity contribution < 1.29 is 18.7 Å². The molecule has 0 saturated heterocycles. The second kappa shape index (κ2) is 9.29. The molecular weight excluding hydrogens is 452 g/mol. The van der Waals surface area contributed by atoms with Crippen molar-refractivity contribution in [3.63, 3.8) is 0 Å². The molecule has 0 saturated carbocycles. The lowest BCUT2D eigenvalue weighted by molar-refractivity contribution is 0.311. The third kappa shape index (κ3) is 4.31. The molecule has 3 heterocycles. The first-order valence-corrected chi connectivity index (χ1v) is 10.8. The van der Waals surface area contributed by atoms with Gasteiger partial charge in [-0.1, -0.05) is 5.16 Å². The van der Waals surface area contributed by atoms with Crippen molar-refractivity contribution in [3.8, 4) is 39.9 Å². The lowest BCUT2D eigenvalue weighted by Crippen LogP contribution is -2.25. The van der Waals surface area contributed by atoms with Gasteiger partial charge >= 0.3 is 0 Å². The average Bonchev–Trinajstić information content (AvgIpc) is 3.54. The van der Waals surface area contributed by atoms with E-state index in [-0.39, 0.29) is 18.0 Å². The Morgan fingerprint density at radius 1 is 0.971 bits per heavy atom. The van der Waals surface area contributed by atoms with Gasteiger partial charge in [-0.3, -0.25) is 4.79 Å². The van der Waals surface area contributed by atoms with Crippen LogP contribution in [0.5, 0.6) is 17.2 Å². The van der Waals surface area contributed by atoms with E-state index in [1.54, 1.807) is 32.4 Å². The van der Waals surface area contributed by atoms with Gasteiger partial charge in [-0.25, -0.2) is 9.20 Å². The van der Waals surface area contributed by atoms with Crippen molar-refractivity contribution in [1.29, 1.82) is 0 Å². The Hall–Kier alpha value is -4.67. The third-order valence-corrected chi connectivity index (χ3v) is 5.35. The Kier molecular flexibility index (Phi) is 5.88. The Morgan fingerprint density at radius 3 is 2.51 bits per heavy atom. The molecule has 5 rings (SSSR count). The number of aromatic nitrogens is 6. The minimum atomic E-state index is -0.331. The molecule has 35 heavy (non-hydrogen) atoms. The van der Waals surface area contributed by atoms with Gasteiger partial charge in [0.15, 0.2) is 11.5 Å². The number of hydrogen-bond donors (Lipinski definition) is 0. The highest BCUT2D eigenvalue weighted by Gasteiger charge is 2.15. The molecule has 0 bridgehead atoms. The molecule has 178 valence electrons. The number of hydrogen-bond acceptors (Lipinski definition) is 9. The minimum absolute atomic E-state index is 0.0134. The molecule has 0 radical (unpaired) electrons. The number of fused-ring (bicyclic) bond motifs is 1. The first-order chi connectivity index (χ1) is 17.1. The molecule has 11 nitrogen and oxygen atoms in total. The molecule has 0 fully saturated rings. The first kappa shape index (κ1) is 22.1. The van der Waals surface area contributed by atoms with Gasteiger partial charge in [-0.15, -0.1) is 0 Å². The lowest BCUT2D eigenvalue weighted by atomic mass is 10.1. The molecule has 0 unspecified atom stereocenters. The Bertz CT molecular complexity index is 1540. The number of ether oxygens (including phenoxy) is 3. The summed E-state index contributed by atoms with van der Waals surface area (Å²) >= 11 is 0. The summed E-state index contributed by atoms with van der Waals surface area (Å²) in [5.74, 6) is 2.53. The number of methoxy groups -OCH3 is 2. The minimum Gasteiger partial charge on any atom is -0.497 e. The summed E-state index contributed by atoms with van der Waals surface area (Å²) in [7, 11) is 3.17. The van der Waals surface area contributed by atoms with Crippen molar-refractivity contribution in [2.45, 2.75) is 13.5 Å². The summed E-state index contributed by atoms with van der Waals surface area (Å²) < 4.78 is 24.2. The van der Waals surface area contributed by atoms with Crippen LogP contribution in [-0.2, 0) is 6.54 Å². The monoisotopic (exact) mass is 474 g/mol. The van der Waals surface area contributed by atoms with Crippen LogP contribution in [0.2, 0.25) is 0 Å². The zero-order valence-electron chi connectivity index (χ0n) is 19.3. The van der Waals surface area contributed by atoms with Crippen LogP contribution in [-0.4, -0.2) is 50.4 Å². The van der Waals surface area contributed by atoms with Crippen molar-refractivity contribution in [2.75, 3.05) is 20.8 Å². The second-order valence-electron chi connectivity index (χ2n) is 7.49. The van der Waals surface area contributed by atoms with Gasteiger partial charge in [0.1, 0.15) is 24.1 Å². The van der Waals surface area contributed by atoms with E-state index in [1.807, 2.05) is 37.3 Å². The fraction of sp³-hybridized carbons (Fsp3) is 0.208. The van der Waals surface area contributed by atoms with E-state index >= 15 is 0 Å². The SMILES string of the molecule is CCOc1ccc(-c2noc(Cn3ncn4nc(-c5ccc(OC)cc5)cc4c3=O)n2)cc1OC. The number of benzene rings is 2.